The predicted octanol–water partition coefficient (Wildman–Crippen LogP) is 5.13. The van der Waals surface area contributed by atoms with Crippen LogP contribution in [-0.4, -0.2) is 15.5 Å². The van der Waals surface area contributed by atoms with Crippen molar-refractivity contribution < 1.29 is 9.18 Å². The molecule has 0 bridgehead atoms. The quantitative estimate of drug-likeness (QED) is 0.534. The topological polar surface area (TPSA) is 46.9 Å². The van der Waals surface area contributed by atoms with Gasteiger partial charge in [-0.1, -0.05) is 23.7 Å². The van der Waals surface area contributed by atoms with Crippen molar-refractivity contribution in [2.45, 2.75) is 6.54 Å². The Balaban J connectivity index is 1.69. The molecule has 134 valence electrons. The number of nitrogens with zero attached hydrogens (tertiary/aromatic N) is 2. The molecule has 0 saturated carbocycles. The van der Waals surface area contributed by atoms with E-state index in [1.807, 2.05) is 41.0 Å². The van der Waals surface area contributed by atoms with E-state index in [9.17, 15) is 9.18 Å². The molecule has 0 fully saturated rings. The summed E-state index contributed by atoms with van der Waals surface area (Å²) >= 11 is 5.99. The molecule has 0 unspecified atom stereocenters. The Bertz CT molecular complexity index is 1100. The molecule has 1 N–H and O–H groups in total. The minimum atomic E-state index is -0.348. The Labute approximate surface area is 160 Å². The Hall–Kier alpha value is -3.18. The molecule has 6 heteroatoms. The average Bonchev–Trinajstić information content (AvgIpc) is 3.03. The van der Waals surface area contributed by atoms with Gasteiger partial charge in [-0.25, -0.2) is 9.37 Å². The van der Waals surface area contributed by atoms with Gasteiger partial charge in [-0.3, -0.25) is 4.79 Å². The number of halogens is 2. The first-order valence-corrected chi connectivity index (χ1v) is 8.74. The number of imidazole rings is 1. The number of para-hydroxylation sites is 2. The summed E-state index contributed by atoms with van der Waals surface area (Å²) in [5.74, 6) is 0.112. The molecular weight excluding hydrogens is 365 g/mol. The third-order valence-electron chi connectivity index (χ3n) is 4.19. The van der Waals surface area contributed by atoms with Crippen molar-refractivity contribution in [2.75, 3.05) is 5.32 Å². The molecular formula is C21H15ClFN3O. The molecule has 0 aliphatic carbocycles. The molecule has 0 atom stereocenters. The molecule has 0 saturated heterocycles. The fourth-order valence-corrected chi connectivity index (χ4v) is 3.06. The lowest BCUT2D eigenvalue weighted by atomic mass is 10.2. The molecule has 4 aromatic rings. The summed E-state index contributed by atoms with van der Waals surface area (Å²) in [6, 6.07) is 20.6. The van der Waals surface area contributed by atoms with Crippen LogP contribution in [0.1, 0.15) is 0 Å². The maximum Gasteiger partial charge on any atom is 0.244 e. The molecule has 0 radical (unpaired) electrons. The highest BCUT2D eigenvalue weighted by Crippen LogP contribution is 2.26. The van der Waals surface area contributed by atoms with Crippen LogP contribution in [0.2, 0.25) is 5.02 Å². The predicted molar refractivity (Wildman–Crippen MR) is 105 cm³/mol. The van der Waals surface area contributed by atoms with Gasteiger partial charge < -0.3 is 9.88 Å². The summed E-state index contributed by atoms with van der Waals surface area (Å²) in [7, 11) is 0. The zero-order valence-corrected chi connectivity index (χ0v) is 14.9. The van der Waals surface area contributed by atoms with E-state index in [4.69, 9.17) is 11.6 Å². The summed E-state index contributed by atoms with van der Waals surface area (Å²) in [6.07, 6.45) is 0. The summed E-state index contributed by atoms with van der Waals surface area (Å²) in [5, 5.41) is 3.42. The van der Waals surface area contributed by atoms with Crippen LogP contribution in [0.15, 0.2) is 72.8 Å². The van der Waals surface area contributed by atoms with Crippen molar-refractivity contribution >= 4 is 34.2 Å². The van der Waals surface area contributed by atoms with Gasteiger partial charge in [-0.2, -0.15) is 0 Å². The van der Waals surface area contributed by atoms with Gasteiger partial charge in [0.25, 0.3) is 0 Å². The average molecular weight is 380 g/mol. The van der Waals surface area contributed by atoms with Crippen LogP contribution in [0.25, 0.3) is 22.4 Å². The van der Waals surface area contributed by atoms with Crippen molar-refractivity contribution in [3.8, 4) is 11.4 Å². The van der Waals surface area contributed by atoms with Crippen LogP contribution >= 0.6 is 11.6 Å². The van der Waals surface area contributed by atoms with Crippen LogP contribution in [0, 0.1) is 5.82 Å². The van der Waals surface area contributed by atoms with Crippen LogP contribution < -0.4 is 5.32 Å². The van der Waals surface area contributed by atoms with Gasteiger partial charge in [0.1, 0.15) is 18.2 Å². The second kappa shape index (κ2) is 7.21. The highest BCUT2D eigenvalue weighted by Gasteiger charge is 2.15. The SMILES string of the molecule is O=C(Cn1c(-c2ccc(Cl)cc2)nc2ccccc21)Nc1ccc(F)cc1. The first-order valence-electron chi connectivity index (χ1n) is 8.37. The fraction of sp³-hybridized carbons (Fsp3) is 0.0476. The lowest BCUT2D eigenvalue weighted by Crippen LogP contribution is -2.19. The van der Waals surface area contributed by atoms with E-state index in [0.29, 0.717) is 16.5 Å². The van der Waals surface area contributed by atoms with E-state index >= 15 is 0 Å². The standard InChI is InChI=1S/C21H15ClFN3O/c22-15-7-5-14(6-8-15)21-25-18-3-1-2-4-19(18)26(21)13-20(27)24-17-11-9-16(23)10-12-17/h1-12H,13H2,(H,24,27). The highest BCUT2D eigenvalue weighted by molar-refractivity contribution is 6.30. The number of hydrogen-bond acceptors (Lipinski definition) is 2. The van der Waals surface area contributed by atoms with E-state index in [0.717, 1.165) is 16.6 Å². The number of aromatic nitrogens is 2. The van der Waals surface area contributed by atoms with Crippen molar-refractivity contribution in [1.82, 2.24) is 9.55 Å². The lowest BCUT2D eigenvalue weighted by Gasteiger charge is -2.10. The molecule has 0 spiro atoms. The Morgan fingerprint density at radius 2 is 1.70 bits per heavy atom. The van der Waals surface area contributed by atoms with Gasteiger partial charge in [0, 0.05) is 16.3 Å². The van der Waals surface area contributed by atoms with E-state index in [-0.39, 0.29) is 18.3 Å². The van der Waals surface area contributed by atoms with Gasteiger partial charge in [0.2, 0.25) is 5.91 Å². The van der Waals surface area contributed by atoms with Crippen molar-refractivity contribution in [2.24, 2.45) is 0 Å². The molecule has 1 aromatic heterocycles. The lowest BCUT2D eigenvalue weighted by molar-refractivity contribution is -0.116. The monoisotopic (exact) mass is 379 g/mol. The molecule has 4 rings (SSSR count). The number of rotatable bonds is 4. The second-order valence-corrected chi connectivity index (χ2v) is 6.51. The second-order valence-electron chi connectivity index (χ2n) is 6.07. The molecule has 3 aromatic carbocycles. The summed E-state index contributed by atoms with van der Waals surface area (Å²) < 4.78 is 14.9. The van der Waals surface area contributed by atoms with Gasteiger partial charge in [-0.05, 0) is 60.7 Å². The maximum atomic E-state index is 13.0. The number of amides is 1. The fourth-order valence-electron chi connectivity index (χ4n) is 2.93. The van der Waals surface area contributed by atoms with E-state index in [2.05, 4.69) is 10.3 Å². The number of fused-ring (bicyclic) bond motifs is 1. The van der Waals surface area contributed by atoms with Crippen LogP contribution in [0.3, 0.4) is 0 Å². The largest absolute Gasteiger partial charge is 0.325 e. The number of anilines is 1. The number of nitrogens with one attached hydrogen (secondary N) is 1. The summed E-state index contributed by atoms with van der Waals surface area (Å²) in [4.78, 5) is 17.2. The number of benzene rings is 3. The maximum absolute atomic E-state index is 13.0. The molecule has 0 aliphatic rings. The highest BCUT2D eigenvalue weighted by atomic mass is 35.5. The molecule has 4 nitrogen and oxygen atoms in total. The minimum absolute atomic E-state index is 0.0792. The molecule has 0 aliphatic heterocycles. The Morgan fingerprint density at radius 1 is 1.00 bits per heavy atom. The van der Waals surface area contributed by atoms with E-state index in [1.165, 1.54) is 24.3 Å². The Kier molecular flexibility index (Phi) is 4.60. The minimum Gasteiger partial charge on any atom is -0.325 e. The third-order valence-corrected chi connectivity index (χ3v) is 4.44. The first kappa shape index (κ1) is 17.2. The number of hydrogen-bond donors (Lipinski definition) is 1. The van der Waals surface area contributed by atoms with Gasteiger partial charge in [0.05, 0.1) is 11.0 Å². The zero-order chi connectivity index (χ0) is 18.8. The molecule has 27 heavy (non-hydrogen) atoms. The van der Waals surface area contributed by atoms with E-state index < -0.39 is 0 Å². The van der Waals surface area contributed by atoms with Crippen LogP contribution in [-0.2, 0) is 11.3 Å². The number of carbonyl (C=O) groups is 1. The van der Waals surface area contributed by atoms with Gasteiger partial charge in [0.15, 0.2) is 0 Å². The summed E-state index contributed by atoms with van der Waals surface area (Å²) in [5.41, 5.74) is 3.07. The van der Waals surface area contributed by atoms with Crippen LogP contribution in [0.5, 0.6) is 0 Å². The van der Waals surface area contributed by atoms with Gasteiger partial charge in [-0.15, -0.1) is 0 Å². The van der Waals surface area contributed by atoms with Crippen LogP contribution in [0.4, 0.5) is 10.1 Å². The van der Waals surface area contributed by atoms with Gasteiger partial charge >= 0.3 is 0 Å². The zero-order valence-electron chi connectivity index (χ0n) is 14.2. The third kappa shape index (κ3) is 3.68. The van der Waals surface area contributed by atoms with E-state index in [1.54, 1.807) is 12.1 Å². The normalized spacial score (nSPS) is 10.9. The first-order chi connectivity index (χ1) is 13.1. The molecule has 1 heterocycles. The van der Waals surface area contributed by atoms with Crippen molar-refractivity contribution in [1.29, 1.82) is 0 Å². The van der Waals surface area contributed by atoms with Crippen molar-refractivity contribution in [3.05, 3.63) is 83.6 Å². The Morgan fingerprint density at radius 3 is 2.44 bits per heavy atom. The smallest absolute Gasteiger partial charge is 0.244 e. The van der Waals surface area contributed by atoms with Crippen molar-refractivity contribution in [3.63, 3.8) is 0 Å². The molecule has 1 amide bonds. The number of carbonyl (C=O) groups excluding carboxylic acids is 1. The summed E-state index contributed by atoms with van der Waals surface area (Å²) in [6.45, 7) is 0.0792.